The maximum Gasteiger partial charge on any atom is 0.223 e. The largest absolute Gasteiger partial charge is 0.383 e. The zero-order chi connectivity index (χ0) is 17.6. The van der Waals surface area contributed by atoms with E-state index < -0.39 is 0 Å². The monoisotopic (exact) mass is 348 g/mol. The van der Waals surface area contributed by atoms with E-state index in [1.54, 1.807) is 14.0 Å². The quantitative estimate of drug-likeness (QED) is 0.738. The summed E-state index contributed by atoms with van der Waals surface area (Å²) in [5.74, 6) is 2.78. The smallest absolute Gasteiger partial charge is 0.223 e. The third-order valence-electron chi connectivity index (χ3n) is 3.89. The van der Waals surface area contributed by atoms with E-state index in [2.05, 4.69) is 30.3 Å². The fraction of sp³-hybridized carbons (Fsp3) is 0.625. The van der Waals surface area contributed by atoms with Crippen LogP contribution in [0.4, 0.5) is 5.82 Å². The van der Waals surface area contributed by atoms with Gasteiger partial charge in [-0.3, -0.25) is 4.90 Å². The molecule has 0 spiro atoms. The number of morpholine rings is 1. The van der Waals surface area contributed by atoms with Gasteiger partial charge in [0.05, 0.1) is 25.5 Å². The second-order valence-electron chi connectivity index (χ2n) is 5.97. The highest BCUT2D eigenvalue weighted by atomic mass is 16.5. The molecule has 1 atom stereocenters. The summed E-state index contributed by atoms with van der Waals surface area (Å²) in [5, 5.41) is 7.20. The van der Waals surface area contributed by atoms with E-state index in [4.69, 9.17) is 14.0 Å². The maximum atomic E-state index is 5.92. The van der Waals surface area contributed by atoms with E-state index in [1.165, 1.54) is 0 Å². The molecule has 0 bridgehead atoms. The lowest BCUT2D eigenvalue weighted by Crippen LogP contribution is -2.38. The SMILES string of the molecule is COCCNc1cc(C2CN(Cc3noc(C)n3)CCO2)nc(C)n1. The molecule has 3 rings (SSSR count). The minimum absolute atomic E-state index is 0.105. The number of aromatic nitrogens is 4. The summed E-state index contributed by atoms with van der Waals surface area (Å²) in [6.07, 6.45) is -0.105. The minimum Gasteiger partial charge on any atom is -0.383 e. The highest BCUT2D eigenvalue weighted by Crippen LogP contribution is 2.23. The van der Waals surface area contributed by atoms with Gasteiger partial charge in [-0.05, 0) is 6.92 Å². The summed E-state index contributed by atoms with van der Waals surface area (Å²) in [5.41, 5.74) is 0.876. The van der Waals surface area contributed by atoms with Crippen LogP contribution >= 0.6 is 0 Å². The molecule has 1 fully saturated rings. The van der Waals surface area contributed by atoms with Crippen molar-refractivity contribution in [3.63, 3.8) is 0 Å². The summed E-state index contributed by atoms with van der Waals surface area (Å²) in [6, 6.07) is 1.94. The minimum atomic E-state index is -0.105. The average Bonchev–Trinajstić information content (AvgIpc) is 3.00. The van der Waals surface area contributed by atoms with Crippen LogP contribution in [-0.2, 0) is 16.0 Å². The van der Waals surface area contributed by atoms with Gasteiger partial charge in [0.15, 0.2) is 5.82 Å². The van der Waals surface area contributed by atoms with Gasteiger partial charge in [-0.2, -0.15) is 4.98 Å². The Bertz CT molecular complexity index is 692. The van der Waals surface area contributed by atoms with Gasteiger partial charge < -0.3 is 19.3 Å². The first-order valence-electron chi connectivity index (χ1n) is 8.35. The van der Waals surface area contributed by atoms with Crippen molar-refractivity contribution in [1.82, 2.24) is 25.0 Å². The Kier molecular flexibility index (Phi) is 5.90. The number of ether oxygens (including phenoxy) is 2. The number of anilines is 1. The van der Waals surface area contributed by atoms with Crippen LogP contribution in [0, 0.1) is 13.8 Å². The summed E-state index contributed by atoms with van der Waals surface area (Å²) in [4.78, 5) is 15.5. The normalized spacial score (nSPS) is 18.4. The molecule has 1 aliphatic rings. The Morgan fingerprint density at radius 2 is 2.20 bits per heavy atom. The Hall–Kier alpha value is -2.10. The van der Waals surface area contributed by atoms with Gasteiger partial charge in [0.2, 0.25) is 5.89 Å². The van der Waals surface area contributed by atoms with Crippen molar-refractivity contribution >= 4 is 5.82 Å². The Labute approximate surface area is 146 Å². The fourth-order valence-corrected chi connectivity index (χ4v) is 2.76. The third-order valence-corrected chi connectivity index (χ3v) is 3.89. The van der Waals surface area contributed by atoms with Crippen molar-refractivity contribution in [3.8, 4) is 0 Å². The molecule has 2 aromatic rings. The van der Waals surface area contributed by atoms with E-state index in [-0.39, 0.29) is 6.10 Å². The highest BCUT2D eigenvalue weighted by molar-refractivity contribution is 5.36. The number of rotatable bonds is 7. The predicted molar refractivity (Wildman–Crippen MR) is 90.1 cm³/mol. The highest BCUT2D eigenvalue weighted by Gasteiger charge is 2.25. The fourth-order valence-electron chi connectivity index (χ4n) is 2.76. The molecule has 0 saturated carbocycles. The Balaban J connectivity index is 1.65. The molecule has 1 aliphatic heterocycles. The van der Waals surface area contributed by atoms with Crippen LogP contribution < -0.4 is 5.32 Å². The predicted octanol–water partition coefficient (Wildman–Crippen LogP) is 1.11. The third kappa shape index (κ3) is 4.94. The van der Waals surface area contributed by atoms with Crippen molar-refractivity contribution in [2.45, 2.75) is 26.5 Å². The van der Waals surface area contributed by atoms with Crippen LogP contribution in [0.1, 0.15) is 29.3 Å². The molecule has 1 unspecified atom stereocenters. The van der Waals surface area contributed by atoms with Gasteiger partial charge in [-0.15, -0.1) is 0 Å². The molecule has 9 heteroatoms. The van der Waals surface area contributed by atoms with Crippen LogP contribution in [0.2, 0.25) is 0 Å². The Morgan fingerprint density at radius 3 is 2.96 bits per heavy atom. The first-order chi connectivity index (χ1) is 12.1. The van der Waals surface area contributed by atoms with Crippen LogP contribution in [-0.4, -0.2) is 65.0 Å². The van der Waals surface area contributed by atoms with E-state index in [0.717, 1.165) is 24.6 Å². The van der Waals surface area contributed by atoms with Gasteiger partial charge in [0.1, 0.15) is 17.7 Å². The topological polar surface area (TPSA) is 98.4 Å². The van der Waals surface area contributed by atoms with Crippen LogP contribution in [0.25, 0.3) is 0 Å². The summed E-state index contributed by atoms with van der Waals surface area (Å²) >= 11 is 0. The zero-order valence-electron chi connectivity index (χ0n) is 14.9. The van der Waals surface area contributed by atoms with Crippen molar-refractivity contribution < 1.29 is 14.0 Å². The number of hydrogen-bond donors (Lipinski definition) is 1. The van der Waals surface area contributed by atoms with E-state index in [9.17, 15) is 0 Å². The van der Waals surface area contributed by atoms with E-state index in [1.807, 2.05) is 13.0 Å². The molecule has 3 heterocycles. The molecule has 0 amide bonds. The maximum absolute atomic E-state index is 5.92. The summed E-state index contributed by atoms with van der Waals surface area (Å²) < 4.78 is 16.0. The second-order valence-corrected chi connectivity index (χ2v) is 5.97. The molecule has 0 radical (unpaired) electrons. The van der Waals surface area contributed by atoms with Crippen LogP contribution in [0.3, 0.4) is 0 Å². The number of nitrogens with zero attached hydrogens (tertiary/aromatic N) is 5. The number of nitrogens with one attached hydrogen (secondary N) is 1. The van der Waals surface area contributed by atoms with Crippen molar-refractivity contribution in [2.75, 3.05) is 45.3 Å². The number of aryl methyl sites for hydroxylation is 2. The molecule has 9 nitrogen and oxygen atoms in total. The van der Waals surface area contributed by atoms with Gasteiger partial charge in [-0.1, -0.05) is 5.16 Å². The van der Waals surface area contributed by atoms with Crippen molar-refractivity contribution in [2.24, 2.45) is 0 Å². The lowest BCUT2D eigenvalue weighted by molar-refractivity contribution is -0.0359. The van der Waals surface area contributed by atoms with Crippen molar-refractivity contribution in [3.05, 3.63) is 29.3 Å². The van der Waals surface area contributed by atoms with Crippen molar-refractivity contribution in [1.29, 1.82) is 0 Å². The lowest BCUT2D eigenvalue weighted by atomic mass is 10.2. The second kappa shape index (κ2) is 8.32. The molecule has 0 aliphatic carbocycles. The standard InChI is InChI=1S/C16H24N6O3/c1-11-18-13(8-15(19-11)17-4-6-23-3)14-9-22(5-7-24-14)10-16-20-12(2)25-21-16/h8,14H,4-7,9-10H2,1-3H3,(H,17,18,19). The molecule has 136 valence electrons. The van der Waals surface area contributed by atoms with Crippen LogP contribution in [0.5, 0.6) is 0 Å². The van der Waals surface area contributed by atoms with Gasteiger partial charge in [0, 0.05) is 39.7 Å². The Morgan fingerprint density at radius 1 is 1.32 bits per heavy atom. The first-order valence-corrected chi connectivity index (χ1v) is 8.35. The van der Waals surface area contributed by atoms with E-state index >= 15 is 0 Å². The summed E-state index contributed by atoms with van der Waals surface area (Å²) in [6.45, 7) is 7.82. The van der Waals surface area contributed by atoms with Gasteiger partial charge in [-0.25, -0.2) is 9.97 Å². The van der Waals surface area contributed by atoms with Gasteiger partial charge >= 0.3 is 0 Å². The van der Waals surface area contributed by atoms with E-state index in [0.29, 0.717) is 43.8 Å². The molecular weight excluding hydrogens is 324 g/mol. The number of hydrogen-bond acceptors (Lipinski definition) is 9. The molecule has 0 aromatic carbocycles. The zero-order valence-corrected chi connectivity index (χ0v) is 14.9. The number of methoxy groups -OCH3 is 1. The molecule has 25 heavy (non-hydrogen) atoms. The first kappa shape index (κ1) is 17.7. The molecule has 1 N–H and O–H groups in total. The average molecular weight is 348 g/mol. The van der Waals surface area contributed by atoms with Crippen LogP contribution in [0.15, 0.2) is 10.6 Å². The lowest BCUT2D eigenvalue weighted by Gasteiger charge is -2.31. The molecule has 1 saturated heterocycles. The summed E-state index contributed by atoms with van der Waals surface area (Å²) in [7, 11) is 1.67. The molecular formula is C16H24N6O3. The molecule has 2 aromatic heterocycles. The van der Waals surface area contributed by atoms with Gasteiger partial charge in [0.25, 0.3) is 0 Å².